The zero-order valence-corrected chi connectivity index (χ0v) is 9.31. The van der Waals surface area contributed by atoms with Crippen LogP contribution in [0, 0.1) is 11.3 Å². The zero-order valence-electron chi connectivity index (χ0n) is 9.31. The lowest BCUT2D eigenvalue weighted by molar-refractivity contribution is 0.110. The van der Waals surface area contributed by atoms with Crippen molar-refractivity contribution in [2.45, 2.75) is 0 Å². The summed E-state index contributed by atoms with van der Waals surface area (Å²) in [6.45, 7) is 0. The number of fused-ring (bicyclic) bond motifs is 1. The van der Waals surface area contributed by atoms with Crippen LogP contribution in [0.1, 0.15) is 16.1 Å². The lowest BCUT2D eigenvalue weighted by Gasteiger charge is -2.01. The van der Waals surface area contributed by atoms with Crippen molar-refractivity contribution in [1.29, 1.82) is 5.26 Å². The van der Waals surface area contributed by atoms with Crippen LogP contribution in [-0.4, -0.2) is 11.3 Å². The average Bonchev–Trinajstić information content (AvgIpc) is 3.05. The van der Waals surface area contributed by atoms with Crippen LogP contribution in [-0.2, 0) is 0 Å². The first-order valence-electron chi connectivity index (χ1n) is 5.38. The highest BCUT2D eigenvalue weighted by Gasteiger charge is 2.10. The Hall–Kier alpha value is -2.80. The van der Waals surface area contributed by atoms with Crippen molar-refractivity contribution in [3.8, 4) is 17.4 Å². The summed E-state index contributed by atoms with van der Waals surface area (Å²) >= 11 is 0. The second-order valence-electron chi connectivity index (χ2n) is 3.89. The number of nitrogens with one attached hydrogen (secondary N) is 1. The third kappa shape index (κ3) is 1.50. The van der Waals surface area contributed by atoms with E-state index in [1.165, 1.54) is 0 Å². The fourth-order valence-electron chi connectivity index (χ4n) is 2.00. The first-order valence-corrected chi connectivity index (χ1v) is 5.38. The molecular formula is C14H8N2O2. The predicted octanol–water partition coefficient (Wildman–Crippen LogP) is 3.11. The topological polar surface area (TPSA) is 69.8 Å². The third-order valence-electron chi connectivity index (χ3n) is 2.81. The molecule has 0 saturated carbocycles. The zero-order chi connectivity index (χ0) is 12.5. The average molecular weight is 236 g/mol. The van der Waals surface area contributed by atoms with E-state index < -0.39 is 0 Å². The van der Waals surface area contributed by atoms with E-state index in [2.05, 4.69) is 11.1 Å². The van der Waals surface area contributed by atoms with Gasteiger partial charge in [0.1, 0.15) is 5.76 Å². The monoisotopic (exact) mass is 236 g/mol. The van der Waals surface area contributed by atoms with Crippen molar-refractivity contribution in [2.75, 3.05) is 0 Å². The van der Waals surface area contributed by atoms with Crippen LogP contribution in [0.3, 0.4) is 0 Å². The van der Waals surface area contributed by atoms with Crippen LogP contribution in [0.15, 0.2) is 40.9 Å². The van der Waals surface area contributed by atoms with E-state index in [0.717, 1.165) is 16.5 Å². The standard InChI is InChI=1S/C14H8N2O2/c15-7-9-5-12(11-3-4-16-13(11)6-9)14-2-1-10(8-17)18-14/h1-6,8,16H. The summed E-state index contributed by atoms with van der Waals surface area (Å²) in [5.41, 5.74) is 2.22. The highest BCUT2D eigenvalue weighted by Crippen LogP contribution is 2.30. The number of nitriles is 1. The molecule has 2 aromatic heterocycles. The second-order valence-corrected chi connectivity index (χ2v) is 3.89. The van der Waals surface area contributed by atoms with Gasteiger partial charge in [-0.2, -0.15) is 5.26 Å². The Morgan fingerprint density at radius 1 is 1.28 bits per heavy atom. The molecule has 4 heteroatoms. The van der Waals surface area contributed by atoms with Crippen LogP contribution < -0.4 is 0 Å². The number of nitrogens with zero attached hydrogens (tertiary/aromatic N) is 1. The second kappa shape index (κ2) is 3.90. The smallest absolute Gasteiger partial charge is 0.185 e. The Morgan fingerprint density at radius 3 is 2.89 bits per heavy atom. The van der Waals surface area contributed by atoms with Gasteiger partial charge in [-0.25, -0.2) is 0 Å². The van der Waals surface area contributed by atoms with Gasteiger partial charge in [-0.1, -0.05) is 0 Å². The largest absolute Gasteiger partial charge is 0.453 e. The molecule has 0 unspecified atom stereocenters. The van der Waals surface area contributed by atoms with Gasteiger partial charge in [-0.15, -0.1) is 0 Å². The number of hydrogen-bond acceptors (Lipinski definition) is 3. The van der Waals surface area contributed by atoms with E-state index in [0.29, 0.717) is 17.6 Å². The molecule has 0 atom stereocenters. The number of aromatic amines is 1. The Balaban J connectivity index is 2.29. The molecule has 0 fully saturated rings. The molecule has 0 spiro atoms. The van der Waals surface area contributed by atoms with Crippen molar-refractivity contribution in [3.63, 3.8) is 0 Å². The number of carbonyl (C=O) groups excluding carboxylic acids is 1. The molecule has 0 radical (unpaired) electrons. The number of rotatable bonds is 2. The van der Waals surface area contributed by atoms with Gasteiger partial charge in [0.15, 0.2) is 12.0 Å². The molecule has 1 N–H and O–H groups in total. The number of aldehydes is 1. The Morgan fingerprint density at radius 2 is 2.17 bits per heavy atom. The number of carbonyl (C=O) groups is 1. The number of furan rings is 1. The van der Waals surface area contributed by atoms with Gasteiger partial charge in [0.05, 0.1) is 11.6 Å². The minimum atomic E-state index is 0.274. The molecule has 0 saturated heterocycles. The molecule has 3 rings (SSSR count). The molecule has 3 aromatic rings. The fraction of sp³-hybridized carbons (Fsp3) is 0. The van der Waals surface area contributed by atoms with Crippen molar-refractivity contribution in [2.24, 2.45) is 0 Å². The first kappa shape index (κ1) is 10.4. The third-order valence-corrected chi connectivity index (χ3v) is 2.81. The summed E-state index contributed by atoms with van der Waals surface area (Å²) in [4.78, 5) is 13.7. The van der Waals surface area contributed by atoms with Crippen LogP contribution in [0.5, 0.6) is 0 Å². The van der Waals surface area contributed by atoms with Crippen molar-refractivity contribution in [1.82, 2.24) is 4.98 Å². The SMILES string of the molecule is N#Cc1cc(-c2ccc(C=O)o2)c2cc[nH]c2c1. The van der Waals surface area contributed by atoms with Crippen LogP contribution in [0.4, 0.5) is 0 Å². The Labute approximate surface area is 102 Å². The summed E-state index contributed by atoms with van der Waals surface area (Å²) in [6.07, 6.45) is 2.46. The maximum Gasteiger partial charge on any atom is 0.185 e. The van der Waals surface area contributed by atoms with Gasteiger partial charge in [0, 0.05) is 22.7 Å². The van der Waals surface area contributed by atoms with Gasteiger partial charge < -0.3 is 9.40 Å². The lowest BCUT2D eigenvalue weighted by Crippen LogP contribution is -1.81. The molecule has 18 heavy (non-hydrogen) atoms. The molecule has 0 aliphatic rings. The van der Waals surface area contributed by atoms with Crippen LogP contribution in [0.2, 0.25) is 0 Å². The molecule has 1 aromatic carbocycles. The number of benzene rings is 1. The highest BCUT2D eigenvalue weighted by atomic mass is 16.3. The number of H-pyrrole nitrogens is 1. The maximum absolute atomic E-state index is 10.6. The van der Waals surface area contributed by atoms with E-state index in [9.17, 15) is 4.79 Å². The number of aromatic nitrogens is 1. The molecule has 0 bridgehead atoms. The van der Waals surface area contributed by atoms with Crippen molar-refractivity contribution in [3.05, 3.63) is 47.9 Å². The minimum Gasteiger partial charge on any atom is -0.453 e. The van der Waals surface area contributed by atoms with Gasteiger partial charge in [0.25, 0.3) is 0 Å². The minimum absolute atomic E-state index is 0.274. The summed E-state index contributed by atoms with van der Waals surface area (Å²) in [5.74, 6) is 0.856. The molecule has 2 heterocycles. The van der Waals surface area contributed by atoms with Crippen molar-refractivity contribution >= 4 is 17.2 Å². The number of hydrogen-bond donors (Lipinski definition) is 1. The van der Waals surface area contributed by atoms with Gasteiger partial charge in [0.2, 0.25) is 0 Å². The summed E-state index contributed by atoms with van der Waals surface area (Å²) in [5, 5.41) is 9.97. The normalized spacial score (nSPS) is 10.4. The maximum atomic E-state index is 10.6. The van der Waals surface area contributed by atoms with E-state index in [1.807, 2.05) is 6.07 Å². The van der Waals surface area contributed by atoms with Crippen LogP contribution >= 0.6 is 0 Å². The van der Waals surface area contributed by atoms with Gasteiger partial charge >= 0.3 is 0 Å². The Kier molecular flexibility index (Phi) is 2.24. The van der Waals surface area contributed by atoms with E-state index in [-0.39, 0.29) is 5.76 Å². The quantitative estimate of drug-likeness (QED) is 0.695. The summed E-state index contributed by atoms with van der Waals surface area (Å²) < 4.78 is 5.40. The lowest BCUT2D eigenvalue weighted by atomic mass is 10.0. The first-order chi connectivity index (χ1) is 8.81. The van der Waals surface area contributed by atoms with E-state index in [4.69, 9.17) is 9.68 Å². The van der Waals surface area contributed by atoms with E-state index in [1.54, 1.807) is 30.5 Å². The van der Waals surface area contributed by atoms with E-state index >= 15 is 0 Å². The highest BCUT2D eigenvalue weighted by molar-refractivity contribution is 5.95. The fourth-order valence-corrected chi connectivity index (χ4v) is 2.00. The van der Waals surface area contributed by atoms with Crippen molar-refractivity contribution < 1.29 is 9.21 Å². The molecule has 0 aliphatic carbocycles. The molecular weight excluding hydrogens is 228 g/mol. The molecule has 86 valence electrons. The van der Waals surface area contributed by atoms with Gasteiger partial charge in [-0.05, 0) is 30.3 Å². The van der Waals surface area contributed by atoms with Crippen LogP contribution in [0.25, 0.3) is 22.2 Å². The molecule has 0 aliphatic heterocycles. The molecule has 4 nitrogen and oxygen atoms in total. The summed E-state index contributed by atoms with van der Waals surface area (Å²) in [6, 6.07) is 10.9. The predicted molar refractivity (Wildman–Crippen MR) is 66.1 cm³/mol. The molecule has 0 amide bonds. The summed E-state index contributed by atoms with van der Waals surface area (Å²) in [7, 11) is 0. The Bertz CT molecular complexity index is 775. The van der Waals surface area contributed by atoms with Gasteiger partial charge in [-0.3, -0.25) is 4.79 Å².